The molecule has 0 saturated heterocycles. The van der Waals surface area contributed by atoms with E-state index in [1.807, 2.05) is 6.07 Å². The Labute approximate surface area is 142 Å². The van der Waals surface area contributed by atoms with Gasteiger partial charge >= 0.3 is 142 Å². The van der Waals surface area contributed by atoms with Crippen molar-refractivity contribution in [3.8, 4) is 6.07 Å². The van der Waals surface area contributed by atoms with Crippen molar-refractivity contribution in [1.29, 1.82) is 5.26 Å². The van der Waals surface area contributed by atoms with Crippen LogP contribution in [-0.2, 0) is 0 Å². The maximum absolute atomic E-state index is 12.2. The van der Waals surface area contributed by atoms with Gasteiger partial charge in [0.15, 0.2) is 0 Å². The fraction of sp³-hybridized carbons (Fsp3) is 0. The molecule has 2 aromatic rings. The monoisotopic (exact) mass is 429 g/mol. The Kier molecular flexibility index (Phi) is 5.70. The quantitative estimate of drug-likeness (QED) is 0.351. The van der Waals surface area contributed by atoms with E-state index in [2.05, 4.69) is 5.32 Å². The van der Waals surface area contributed by atoms with E-state index in [0.717, 1.165) is 0 Å². The summed E-state index contributed by atoms with van der Waals surface area (Å²) in [6.45, 7) is 0. The molecule has 0 unspecified atom stereocenters. The first-order valence-electron chi connectivity index (χ1n) is 5.96. The molecule has 22 heavy (non-hydrogen) atoms. The topological polar surface area (TPSA) is 103 Å². The molecule has 0 aliphatic carbocycles. The molecule has 0 spiro atoms. The van der Waals surface area contributed by atoms with E-state index in [-0.39, 0.29) is 10.6 Å². The number of amides is 1. The minimum absolute atomic E-state index is 0.199. The van der Waals surface area contributed by atoms with E-state index in [4.69, 9.17) is 16.9 Å². The Balaban J connectivity index is 2.19. The Morgan fingerprint density at radius 2 is 1.91 bits per heavy atom. The zero-order chi connectivity index (χ0) is 16.1. The third-order valence-corrected chi connectivity index (χ3v) is 4.69. The second-order valence-electron chi connectivity index (χ2n) is 4.10. The van der Waals surface area contributed by atoms with E-state index >= 15 is 0 Å². The molecule has 0 fully saturated rings. The summed E-state index contributed by atoms with van der Waals surface area (Å²) in [4.78, 5) is 12.2. The number of nitrogens with zero attached hydrogens (tertiary/aromatic N) is 1. The first-order valence-corrected chi connectivity index (χ1v) is 8.50. The summed E-state index contributed by atoms with van der Waals surface area (Å²) in [6, 6.07) is 12.9. The van der Waals surface area contributed by atoms with Gasteiger partial charge in [0.2, 0.25) is 0 Å². The van der Waals surface area contributed by atoms with Gasteiger partial charge in [-0.25, -0.2) is 0 Å². The molecule has 0 heterocycles. The van der Waals surface area contributed by atoms with Crippen LogP contribution in [0.4, 0.5) is 5.69 Å². The van der Waals surface area contributed by atoms with Gasteiger partial charge in [0.05, 0.1) is 0 Å². The number of quaternary nitrogens is 1. The number of anilines is 1. The van der Waals surface area contributed by atoms with Gasteiger partial charge in [-0.05, 0) is 0 Å². The Morgan fingerprint density at radius 3 is 2.50 bits per heavy atom. The molecule has 0 radical (unpaired) electrons. The molecule has 0 atom stereocenters. The molecule has 0 saturated carbocycles. The molecule has 2 rings (SSSR count). The number of nitrogens with one attached hydrogen (secondary N) is 2. The van der Waals surface area contributed by atoms with Crippen LogP contribution in [0.5, 0.6) is 0 Å². The molecular weight excluding hydrogens is 421 g/mol. The summed E-state index contributed by atoms with van der Waals surface area (Å²) < 4.78 is -0.590. The molecular formula is C14H9ClIN3O3-2. The van der Waals surface area contributed by atoms with Gasteiger partial charge in [-0.15, -0.1) is 0 Å². The first kappa shape index (κ1) is 16.7. The van der Waals surface area contributed by atoms with E-state index in [1.54, 1.807) is 30.3 Å². The third-order valence-electron chi connectivity index (χ3n) is 2.63. The molecule has 2 N–H and O–H groups in total. The van der Waals surface area contributed by atoms with Crippen LogP contribution in [0.3, 0.4) is 0 Å². The Morgan fingerprint density at radius 1 is 1.23 bits per heavy atom. The summed E-state index contributed by atoms with van der Waals surface area (Å²) in [5.74, 6) is -0.445. The van der Waals surface area contributed by atoms with Crippen LogP contribution in [0.15, 0.2) is 42.5 Å². The van der Waals surface area contributed by atoms with Gasteiger partial charge in [-0.3, -0.25) is 0 Å². The van der Waals surface area contributed by atoms with Gasteiger partial charge in [-0.2, -0.15) is 0 Å². The number of rotatable bonds is 4. The van der Waals surface area contributed by atoms with Gasteiger partial charge in [-0.1, -0.05) is 0 Å². The summed E-state index contributed by atoms with van der Waals surface area (Å²) in [6.07, 6.45) is 0. The summed E-state index contributed by atoms with van der Waals surface area (Å²) in [7, 11) is 0. The number of hydrogen-bond donors (Lipinski definition) is 2. The molecule has 1 amide bonds. The van der Waals surface area contributed by atoms with Crippen LogP contribution in [0, 0.1) is 25.3 Å². The summed E-state index contributed by atoms with van der Waals surface area (Å²) in [5.41, 5.74) is 1.20. The zero-order valence-corrected chi connectivity index (χ0v) is 13.9. The van der Waals surface area contributed by atoms with E-state index < -0.39 is 30.8 Å². The van der Waals surface area contributed by atoms with Gasteiger partial charge in [0, 0.05) is 0 Å². The fourth-order valence-corrected chi connectivity index (χ4v) is 3.18. The molecule has 2 aromatic carbocycles. The van der Waals surface area contributed by atoms with Crippen LogP contribution in [-0.4, -0.2) is 5.91 Å². The molecule has 0 bridgehead atoms. The average Bonchev–Trinajstić information content (AvgIpc) is 2.49. The molecule has 0 aromatic heterocycles. The predicted molar refractivity (Wildman–Crippen MR) is 77.0 cm³/mol. The normalized spacial score (nSPS) is 10.5. The van der Waals surface area contributed by atoms with Crippen molar-refractivity contribution in [2.24, 2.45) is 0 Å². The standard InChI is InChI=1S/C14H9ClIN3O3/c15-13-6-3-10(16-19(21)22)7-12(13)14(20)18-11-4-1-9(8-17)2-5-11/h1-7,19H,(H,18,20)/q-2. The molecule has 8 heteroatoms. The van der Waals surface area contributed by atoms with Crippen molar-refractivity contribution in [3.05, 3.63) is 72.6 Å². The van der Waals surface area contributed by atoms with E-state index in [1.165, 1.54) is 12.1 Å². The van der Waals surface area contributed by atoms with Crippen molar-refractivity contribution in [3.63, 3.8) is 0 Å². The van der Waals surface area contributed by atoms with Crippen molar-refractivity contribution in [2.75, 3.05) is 5.32 Å². The number of nitriles is 1. The number of carbonyl (C=O) groups excluding carboxylic acids is 1. The summed E-state index contributed by atoms with van der Waals surface area (Å²) >= 11 is 4.66. The third kappa shape index (κ3) is 4.40. The number of benzene rings is 2. The van der Waals surface area contributed by atoms with E-state index in [9.17, 15) is 15.2 Å². The van der Waals surface area contributed by atoms with Crippen molar-refractivity contribution >= 4 is 23.2 Å². The number of hydrogen-bond acceptors (Lipinski definition) is 4. The van der Waals surface area contributed by atoms with Crippen molar-refractivity contribution in [1.82, 2.24) is 0 Å². The first-order chi connectivity index (χ1) is 10.5. The van der Waals surface area contributed by atoms with Gasteiger partial charge in [0.1, 0.15) is 0 Å². The second kappa shape index (κ2) is 7.53. The fourth-order valence-electron chi connectivity index (χ4n) is 1.65. The SMILES string of the molecule is N#Cc1ccc(NC(=O)c2cc([I-][NH+]([O-])[O-])ccc2Cl)cc1. The molecule has 114 valence electrons. The minimum atomic E-state index is -1.32. The van der Waals surface area contributed by atoms with Crippen LogP contribution in [0.25, 0.3) is 0 Å². The van der Waals surface area contributed by atoms with Crippen molar-refractivity contribution in [2.45, 2.75) is 0 Å². The van der Waals surface area contributed by atoms with Crippen LogP contribution >= 0.6 is 11.6 Å². The van der Waals surface area contributed by atoms with Crippen LogP contribution in [0.2, 0.25) is 5.02 Å². The predicted octanol–water partition coefficient (Wildman–Crippen LogP) is -1.48. The number of halogens is 2. The average molecular weight is 430 g/mol. The summed E-state index contributed by atoms with van der Waals surface area (Å²) in [5, 5.41) is 32.9. The van der Waals surface area contributed by atoms with Crippen LogP contribution in [0.1, 0.15) is 15.9 Å². The zero-order valence-electron chi connectivity index (χ0n) is 11.0. The molecule has 6 nitrogen and oxygen atoms in total. The second-order valence-corrected chi connectivity index (χ2v) is 7.17. The Hall–Kier alpha value is -1.70. The molecule has 0 aliphatic heterocycles. The number of carbonyl (C=O) groups is 1. The van der Waals surface area contributed by atoms with Gasteiger partial charge in [0.25, 0.3) is 0 Å². The van der Waals surface area contributed by atoms with Crippen LogP contribution < -0.4 is 30.2 Å². The molecule has 0 aliphatic rings. The Bertz CT molecular complexity index is 729. The van der Waals surface area contributed by atoms with E-state index in [0.29, 0.717) is 14.8 Å². The van der Waals surface area contributed by atoms with Gasteiger partial charge < -0.3 is 0 Å². The maximum atomic E-state index is 12.2. The van der Waals surface area contributed by atoms with Crippen molar-refractivity contribution < 1.29 is 29.7 Å².